The van der Waals surface area contributed by atoms with E-state index in [0.29, 0.717) is 48.2 Å². The summed E-state index contributed by atoms with van der Waals surface area (Å²) in [4.78, 5) is 43.1. The molecule has 0 aromatic heterocycles. The Balaban J connectivity index is 1.49. The number of carbonyl (C=O) groups is 3. The van der Waals surface area contributed by atoms with E-state index < -0.39 is 6.04 Å². The number of carbonyl (C=O) groups excluding carboxylic acids is 3. The molecular formula is C23H24ClN3O4. The number of halogens is 1. The van der Waals surface area contributed by atoms with Gasteiger partial charge in [-0.3, -0.25) is 19.3 Å². The molecule has 2 aliphatic heterocycles. The summed E-state index contributed by atoms with van der Waals surface area (Å²) in [5.74, 6) is -0.0429. The molecule has 2 aromatic rings. The van der Waals surface area contributed by atoms with Crippen molar-refractivity contribution in [2.24, 2.45) is 0 Å². The maximum atomic E-state index is 13.3. The van der Waals surface area contributed by atoms with Crippen molar-refractivity contribution in [1.82, 2.24) is 4.90 Å². The third kappa shape index (κ3) is 4.23. The summed E-state index contributed by atoms with van der Waals surface area (Å²) in [5.41, 5.74) is 1.96. The van der Waals surface area contributed by atoms with Gasteiger partial charge in [-0.25, -0.2) is 0 Å². The maximum Gasteiger partial charge on any atom is 0.265 e. The monoisotopic (exact) mass is 441 g/mol. The molecule has 0 saturated carbocycles. The molecule has 8 heteroatoms. The highest BCUT2D eigenvalue weighted by atomic mass is 35.5. The van der Waals surface area contributed by atoms with E-state index in [9.17, 15) is 14.4 Å². The predicted molar refractivity (Wildman–Crippen MR) is 119 cm³/mol. The van der Waals surface area contributed by atoms with E-state index in [-0.39, 0.29) is 24.2 Å². The predicted octanol–water partition coefficient (Wildman–Crippen LogP) is 3.01. The van der Waals surface area contributed by atoms with Gasteiger partial charge in [0.1, 0.15) is 11.8 Å². The lowest BCUT2D eigenvalue weighted by molar-refractivity contribution is -0.135. The van der Waals surface area contributed by atoms with Crippen LogP contribution < -0.4 is 14.5 Å². The standard InChI is InChI=1S/C23H24ClN3O4/c1-15(27-20-12-17(16(2)28)6-7-21(20)31-14-22(27)29)23(30)26-10-8-25(9-11-26)19-5-3-4-18(24)13-19/h3-7,12-13,15H,8-11,14H2,1-2H3. The van der Waals surface area contributed by atoms with Crippen LogP contribution in [0, 0.1) is 0 Å². The third-order valence-electron chi connectivity index (χ3n) is 5.75. The molecule has 0 bridgehead atoms. The van der Waals surface area contributed by atoms with Gasteiger partial charge in [0.2, 0.25) is 5.91 Å². The van der Waals surface area contributed by atoms with Crippen LogP contribution in [0.1, 0.15) is 24.2 Å². The second kappa shape index (κ2) is 8.59. The smallest absolute Gasteiger partial charge is 0.265 e. The number of ether oxygens (including phenoxy) is 1. The van der Waals surface area contributed by atoms with Crippen molar-refractivity contribution in [3.63, 3.8) is 0 Å². The minimum atomic E-state index is -0.699. The third-order valence-corrected chi connectivity index (χ3v) is 5.99. The normalized spacial score (nSPS) is 17.1. The zero-order valence-corrected chi connectivity index (χ0v) is 18.3. The largest absolute Gasteiger partial charge is 0.482 e. The fraction of sp³-hybridized carbons (Fsp3) is 0.348. The Bertz CT molecular complexity index is 1030. The molecule has 0 aliphatic carbocycles. The first-order chi connectivity index (χ1) is 14.8. The van der Waals surface area contributed by atoms with E-state index >= 15 is 0 Å². The zero-order chi connectivity index (χ0) is 22.1. The number of ketones is 1. The Morgan fingerprint density at radius 3 is 2.48 bits per heavy atom. The first kappa shape index (κ1) is 21.2. The summed E-state index contributed by atoms with van der Waals surface area (Å²) in [7, 11) is 0. The van der Waals surface area contributed by atoms with Crippen molar-refractivity contribution in [3.05, 3.63) is 53.1 Å². The minimum absolute atomic E-state index is 0.114. The van der Waals surface area contributed by atoms with Gasteiger partial charge in [-0.05, 0) is 50.2 Å². The van der Waals surface area contributed by atoms with Gasteiger partial charge in [-0.2, -0.15) is 0 Å². The Labute approximate surface area is 186 Å². The molecule has 31 heavy (non-hydrogen) atoms. The Morgan fingerprint density at radius 2 is 1.81 bits per heavy atom. The number of anilines is 2. The lowest BCUT2D eigenvalue weighted by atomic mass is 10.1. The average molecular weight is 442 g/mol. The van der Waals surface area contributed by atoms with Crippen molar-refractivity contribution in [3.8, 4) is 5.75 Å². The molecule has 0 N–H and O–H groups in total. The second-order valence-electron chi connectivity index (χ2n) is 7.76. The van der Waals surface area contributed by atoms with E-state index in [1.165, 1.54) is 11.8 Å². The van der Waals surface area contributed by atoms with Gasteiger partial charge < -0.3 is 14.5 Å². The molecule has 162 valence electrons. The maximum absolute atomic E-state index is 13.3. The van der Waals surface area contributed by atoms with Crippen LogP contribution in [0.3, 0.4) is 0 Å². The van der Waals surface area contributed by atoms with Gasteiger partial charge in [-0.15, -0.1) is 0 Å². The van der Waals surface area contributed by atoms with Crippen molar-refractivity contribution < 1.29 is 19.1 Å². The Kier molecular flexibility index (Phi) is 5.87. The quantitative estimate of drug-likeness (QED) is 0.682. The number of rotatable bonds is 4. The van der Waals surface area contributed by atoms with Crippen LogP contribution in [0.25, 0.3) is 0 Å². The van der Waals surface area contributed by atoms with Gasteiger partial charge >= 0.3 is 0 Å². The number of hydrogen-bond acceptors (Lipinski definition) is 5. The highest BCUT2D eigenvalue weighted by molar-refractivity contribution is 6.30. The van der Waals surface area contributed by atoms with Crippen LogP contribution in [0.5, 0.6) is 5.75 Å². The van der Waals surface area contributed by atoms with E-state index in [1.54, 1.807) is 30.0 Å². The van der Waals surface area contributed by atoms with Gasteiger partial charge in [-0.1, -0.05) is 17.7 Å². The summed E-state index contributed by atoms with van der Waals surface area (Å²) < 4.78 is 5.50. The second-order valence-corrected chi connectivity index (χ2v) is 8.20. The molecule has 0 spiro atoms. The Hall–Kier alpha value is -3.06. The summed E-state index contributed by atoms with van der Waals surface area (Å²) in [5, 5.41) is 0.680. The first-order valence-corrected chi connectivity index (χ1v) is 10.6. The zero-order valence-electron chi connectivity index (χ0n) is 17.5. The molecule has 2 aromatic carbocycles. The SMILES string of the molecule is CC(=O)c1ccc2c(c1)N(C(C)C(=O)N1CCN(c3cccc(Cl)c3)CC1)C(=O)CO2. The molecule has 2 aliphatic rings. The molecule has 1 fully saturated rings. The van der Waals surface area contributed by atoms with E-state index in [4.69, 9.17) is 16.3 Å². The van der Waals surface area contributed by atoms with Crippen molar-refractivity contribution >= 4 is 40.6 Å². The van der Waals surface area contributed by atoms with Crippen molar-refractivity contribution in [2.45, 2.75) is 19.9 Å². The molecule has 1 saturated heterocycles. The Morgan fingerprint density at radius 1 is 1.06 bits per heavy atom. The molecule has 1 atom stereocenters. The minimum Gasteiger partial charge on any atom is -0.482 e. The molecule has 0 radical (unpaired) electrons. The van der Waals surface area contributed by atoms with Gasteiger partial charge in [0, 0.05) is 42.5 Å². The van der Waals surface area contributed by atoms with Crippen LogP contribution in [0.4, 0.5) is 11.4 Å². The summed E-state index contributed by atoms with van der Waals surface area (Å²) in [6, 6.07) is 11.9. The lowest BCUT2D eigenvalue weighted by Gasteiger charge is -2.40. The fourth-order valence-electron chi connectivity index (χ4n) is 4.05. The van der Waals surface area contributed by atoms with Crippen LogP contribution in [-0.2, 0) is 9.59 Å². The lowest BCUT2D eigenvalue weighted by Crippen LogP contribution is -2.56. The number of piperazine rings is 1. The van der Waals surface area contributed by atoms with Gasteiger partial charge in [0.25, 0.3) is 5.91 Å². The molecule has 7 nitrogen and oxygen atoms in total. The number of fused-ring (bicyclic) bond motifs is 1. The highest BCUT2D eigenvalue weighted by Gasteiger charge is 2.36. The summed E-state index contributed by atoms with van der Waals surface area (Å²) in [6.45, 7) is 5.52. The molecule has 1 unspecified atom stereocenters. The van der Waals surface area contributed by atoms with Crippen LogP contribution >= 0.6 is 11.6 Å². The van der Waals surface area contributed by atoms with Crippen LogP contribution in [-0.4, -0.2) is 61.3 Å². The molecule has 2 heterocycles. The van der Waals surface area contributed by atoms with Gasteiger partial charge in [0.15, 0.2) is 12.4 Å². The van der Waals surface area contributed by atoms with E-state index in [2.05, 4.69) is 4.90 Å². The molecule has 4 rings (SSSR count). The van der Waals surface area contributed by atoms with Crippen molar-refractivity contribution in [2.75, 3.05) is 42.6 Å². The highest BCUT2D eigenvalue weighted by Crippen LogP contribution is 2.35. The number of amides is 2. The van der Waals surface area contributed by atoms with Crippen LogP contribution in [0.2, 0.25) is 5.02 Å². The van der Waals surface area contributed by atoms with Crippen LogP contribution in [0.15, 0.2) is 42.5 Å². The molecular weight excluding hydrogens is 418 g/mol. The first-order valence-electron chi connectivity index (χ1n) is 10.2. The topological polar surface area (TPSA) is 70.2 Å². The number of hydrogen-bond donors (Lipinski definition) is 0. The summed E-state index contributed by atoms with van der Waals surface area (Å²) in [6.07, 6.45) is 0. The van der Waals surface area contributed by atoms with Gasteiger partial charge in [0.05, 0.1) is 5.69 Å². The number of Topliss-reactive ketones (excluding diaryl/α,β-unsaturated/α-hetero) is 1. The van der Waals surface area contributed by atoms with E-state index in [1.807, 2.05) is 24.3 Å². The van der Waals surface area contributed by atoms with E-state index in [0.717, 1.165) is 5.69 Å². The average Bonchev–Trinajstić information content (AvgIpc) is 2.77. The summed E-state index contributed by atoms with van der Waals surface area (Å²) >= 11 is 6.10. The number of benzene rings is 2. The van der Waals surface area contributed by atoms with Crippen molar-refractivity contribution in [1.29, 1.82) is 0 Å². The fourth-order valence-corrected chi connectivity index (χ4v) is 4.23. The number of nitrogens with zero attached hydrogens (tertiary/aromatic N) is 3. The molecule has 2 amide bonds.